The van der Waals surface area contributed by atoms with E-state index in [4.69, 9.17) is 4.99 Å². The lowest BCUT2D eigenvalue weighted by Crippen LogP contribution is -2.54. The monoisotopic (exact) mass is 884 g/mol. The number of aliphatic imine (C=N–C) groups is 1. The standard InChI is InChI=1S/C60H48N6S/c1-5-18-39(19-6-1)43-26-15-28-45(34-43)57-61-55(41-22-9-3-10-23-41)63-59(65-57)48-36-47(50-31-17-33-53-54(50)51-30-13-14-32-52(51)67-53)37-49(38-48)60-64-56(42-24-11-4-12-25-42)62-58(66-60)46-29-16-27-44(35-46)40-20-7-2-8-21-40/h1-38,55-59,61-63,65H,(H,64,66). The maximum atomic E-state index is 5.56. The van der Waals surface area contributed by atoms with Crippen molar-refractivity contribution in [2.75, 3.05) is 0 Å². The fraction of sp³-hybridized carbons (Fsp3) is 0.0833. The molecule has 6 nitrogen and oxygen atoms in total. The topological polar surface area (TPSA) is 72.5 Å². The first-order valence-corrected chi connectivity index (χ1v) is 23.8. The van der Waals surface area contributed by atoms with Crippen LogP contribution < -0.4 is 26.6 Å². The lowest BCUT2D eigenvalue weighted by Gasteiger charge is -2.40. The minimum absolute atomic E-state index is 0.146. The van der Waals surface area contributed by atoms with Crippen LogP contribution in [-0.2, 0) is 0 Å². The van der Waals surface area contributed by atoms with Crippen LogP contribution >= 0.6 is 11.3 Å². The van der Waals surface area contributed by atoms with Gasteiger partial charge in [0.05, 0.1) is 18.5 Å². The summed E-state index contributed by atoms with van der Waals surface area (Å²) in [5.41, 5.74) is 13.7. The zero-order chi connectivity index (χ0) is 44.5. The van der Waals surface area contributed by atoms with E-state index in [0.717, 1.165) is 44.8 Å². The van der Waals surface area contributed by atoms with Gasteiger partial charge in [0.25, 0.3) is 0 Å². The van der Waals surface area contributed by atoms with Crippen LogP contribution in [-0.4, -0.2) is 5.84 Å². The summed E-state index contributed by atoms with van der Waals surface area (Å²) in [6, 6.07) is 82.7. The van der Waals surface area contributed by atoms with E-state index in [2.05, 4.69) is 257 Å². The normalized spacial score (nSPS) is 19.5. The third-order valence-electron chi connectivity index (χ3n) is 13.0. The maximum Gasteiger partial charge on any atom is 0.131 e. The van der Waals surface area contributed by atoms with Crippen LogP contribution in [0.25, 0.3) is 53.6 Å². The number of hydrogen-bond acceptors (Lipinski definition) is 7. The minimum Gasteiger partial charge on any atom is -0.350 e. The molecule has 10 aromatic rings. The summed E-state index contributed by atoms with van der Waals surface area (Å²) in [6.45, 7) is 0. The molecule has 3 heterocycles. The van der Waals surface area contributed by atoms with Crippen molar-refractivity contribution in [2.24, 2.45) is 4.99 Å². The molecular weight excluding hydrogens is 837 g/mol. The average Bonchev–Trinajstić information content (AvgIpc) is 3.81. The lowest BCUT2D eigenvalue weighted by atomic mass is 9.93. The predicted molar refractivity (Wildman–Crippen MR) is 277 cm³/mol. The Morgan fingerprint density at radius 3 is 1.49 bits per heavy atom. The summed E-state index contributed by atoms with van der Waals surface area (Å²) in [4.78, 5) is 5.56. The van der Waals surface area contributed by atoms with Crippen LogP contribution in [0, 0.1) is 0 Å². The van der Waals surface area contributed by atoms with E-state index in [1.807, 2.05) is 11.3 Å². The lowest BCUT2D eigenvalue weighted by molar-refractivity contribution is 0.203. The molecule has 0 spiro atoms. The molecule has 2 aliphatic rings. The van der Waals surface area contributed by atoms with Crippen LogP contribution in [0.5, 0.6) is 0 Å². The summed E-state index contributed by atoms with van der Waals surface area (Å²) in [7, 11) is 0. The van der Waals surface area contributed by atoms with Crippen LogP contribution in [0.1, 0.15) is 64.2 Å². The first-order valence-electron chi connectivity index (χ1n) is 23.0. The SMILES string of the molecule is c1ccc(-c2cccc(C3N=C(c4cc(-c5cccc6sc7ccccc7c56)cc(C5NC(c6ccccc6)NC(c6cccc(-c7ccccc7)c6)N5)c4)NC(c4ccccc4)N3)c2)cc1. The average molecular weight is 885 g/mol. The number of thiophene rings is 1. The van der Waals surface area contributed by atoms with Gasteiger partial charge in [-0.25, -0.2) is 4.99 Å². The summed E-state index contributed by atoms with van der Waals surface area (Å²) in [5.74, 6) is 0.828. The zero-order valence-corrected chi connectivity index (χ0v) is 37.5. The van der Waals surface area contributed by atoms with E-state index < -0.39 is 0 Å². The highest BCUT2D eigenvalue weighted by Crippen LogP contribution is 2.42. The molecule has 0 amide bonds. The van der Waals surface area contributed by atoms with E-state index in [1.54, 1.807) is 0 Å². The van der Waals surface area contributed by atoms with Crippen molar-refractivity contribution in [1.29, 1.82) is 0 Å². The number of benzene rings is 9. The molecule has 9 aromatic carbocycles. The highest BCUT2D eigenvalue weighted by Gasteiger charge is 2.32. The quantitative estimate of drug-likeness (QED) is 0.0999. The summed E-state index contributed by atoms with van der Waals surface area (Å²) in [6.07, 6.45) is -1.09. The number of hydrogen-bond donors (Lipinski definition) is 5. The minimum atomic E-state index is -0.319. The first-order chi connectivity index (χ1) is 33.2. The largest absolute Gasteiger partial charge is 0.350 e. The Hall–Kier alpha value is -7.49. The second kappa shape index (κ2) is 18.1. The Balaban J connectivity index is 1.02. The van der Waals surface area contributed by atoms with E-state index in [0.29, 0.717) is 0 Å². The third kappa shape index (κ3) is 8.36. The van der Waals surface area contributed by atoms with Gasteiger partial charge < -0.3 is 5.32 Å². The number of fused-ring (bicyclic) bond motifs is 3. The molecule has 5 unspecified atom stereocenters. The molecule has 1 fully saturated rings. The molecule has 1 saturated heterocycles. The van der Waals surface area contributed by atoms with Crippen molar-refractivity contribution in [1.82, 2.24) is 26.6 Å². The molecular formula is C60H48N6S. The van der Waals surface area contributed by atoms with E-state index in [-0.39, 0.29) is 30.8 Å². The maximum absolute atomic E-state index is 5.56. The summed E-state index contributed by atoms with van der Waals surface area (Å²) >= 11 is 1.85. The molecule has 2 aliphatic heterocycles. The van der Waals surface area contributed by atoms with Crippen molar-refractivity contribution in [3.63, 3.8) is 0 Å². The van der Waals surface area contributed by atoms with Gasteiger partial charge in [-0.15, -0.1) is 11.3 Å². The van der Waals surface area contributed by atoms with Crippen molar-refractivity contribution in [3.8, 4) is 33.4 Å². The fourth-order valence-electron chi connectivity index (χ4n) is 9.73. The van der Waals surface area contributed by atoms with Gasteiger partial charge in [0.15, 0.2) is 0 Å². The molecule has 324 valence electrons. The number of nitrogens with one attached hydrogen (secondary N) is 5. The smallest absolute Gasteiger partial charge is 0.131 e. The number of amidine groups is 1. The van der Waals surface area contributed by atoms with Gasteiger partial charge in [-0.3, -0.25) is 21.3 Å². The van der Waals surface area contributed by atoms with Gasteiger partial charge in [0.2, 0.25) is 0 Å². The van der Waals surface area contributed by atoms with Gasteiger partial charge in [-0.2, -0.15) is 0 Å². The Kier molecular flexibility index (Phi) is 11.0. The molecule has 0 saturated carbocycles. The Morgan fingerprint density at radius 1 is 0.328 bits per heavy atom. The third-order valence-corrected chi connectivity index (χ3v) is 14.2. The second-order valence-electron chi connectivity index (χ2n) is 17.3. The van der Waals surface area contributed by atoms with Crippen molar-refractivity contribution >= 4 is 37.3 Å². The Bertz CT molecular complexity index is 3370. The van der Waals surface area contributed by atoms with E-state index >= 15 is 0 Å². The molecule has 1 aromatic heterocycles. The van der Waals surface area contributed by atoms with E-state index in [9.17, 15) is 0 Å². The molecule has 0 bridgehead atoms. The molecule has 5 atom stereocenters. The summed E-state index contributed by atoms with van der Waals surface area (Å²) < 4.78 is 2.55. The highest BCUT2D eigenvalue weighted by molar-refractivity contribution is 7.25. The molecule has 0 radical (unpaired) electrons. The Labute approximate surface area is 395 Å². The molecule has 7 heteroatoms. The molecule has 12 rings (SSSR count). The number of rotatable bonds is 9. The van der Waals surface area contributed by atoms with Gasteiger partial charge >= 0.3 is 0 Å². The molecule has 5 N–H and O–H groups in total. The molecule has 0 aliphatic carbocycles. The van der Waals surface area contributed by atoms with Crippen LogP contribution in [0.2, 0.25) is 0 Å². The van der Waals surface area contributed by atoms with E-state index in [1.165, 1.54) is 48.0 Å². The van der Waals surface area contributed by atoms with Gasteiger partial charge in [0.1, 0.15) is 18.2 Å². The summed E-state index contributed by atoms with van der Waals surface area (Å²) in [5, 5.41) is 22.2. The number of nitrogens with zero attached hydrogens (tertiary/aromatic N) is 1. The van der Waals surface area contributed by atoms with Crippen LogP contribution in [0.15, 0.2) is 236 Å². The van der Waals surface area contributed by atoms with Gasteiger partial charge in [-0.1, -0.05) is 188 Å². The van der Waals surface area contributed by atoms with Gasteiger partial charge in [-0.05, 0) is 104 Å². The Morgan fingerprint density at radius 2 is 0.806 bits per heavy atom. The second-order valence-corrected chi connectivity index (χ2v) is 18.4. The molecule has 67 heavy (non-hydrogen) atoms. The predicted octanol–water partition coefficient (Wildman–Crippen LogP) is 13.6. The van der Waals surface area contributed by atoms with Crippen LogP contribution in [0.3, 0.4) is 0 Å². The van der Waals surface area contributed by atoms with Crippen LogP contribution in [0.4, 0.5) is 0 Å². The first kappa shape index (κ1) is 41.0. The van der Waals surface area contributed by atoms with Crippen molar-refractivity contribution < 1.29 is 0 Å². The van der Waals surface area contributed by atoms with Crippen molar-refractivity contribution in [3.05, 3.63) is 264 Å². The zero-order valence-electron chi connectivity index (χ0n) is 36.7. The highest BCUT2D eigenvalue weighted by atomic mass is 32.1. The van der Waals surface area contributed by atoms with Crippen molar-refractivity contribution in [2.45, 2.75) is 30.8 Å². The fourth-order valence-corrected chi connectivity index (χ4v) is 10.9. The van der Waals surface area contributed by atoms with Gasteiger partial charge in [0, 0.05) is 25.7 Å².